The van der Waals surface area contributed by atoms with E-state index in [4.69, 9.17) is 4.74 Å². The molecule has 2 rings (SSSR count). The van der Waals surface area contributed by atoms with Gasteiger partial charge in [-0.2, -0.15) is 18.3 Å². The molecule has 166 valence electrons. The van der Waals surface area contributed by atoms with Crippen molar-refractivity contribution in [2.24, 2.45) is 4.99 Å². The molecular weight excluding hydrogens is 395 g/mol. The van der Waals surface area contributed by atoms with E-state index in [0.29, 0.717) is 18.1 Å². The maximum Gasteiger partial charge on any atom is 0.411 e. The summed E-state index contributed by atoms with van der Waals surface area (Å²) in [6.07, 6.45) is -3.42. The number of aliphatic imine (C=N–C) groups is 1. The maximum atomic E-state index is 12.2. The predicted molar refractivity (Wildman–Crippen MR) is 111 cm³/mol. The highest BCUT2D eigenvalue weighted by molar-refractivity contribution is 5.79. The summed E-state index contributed by atoms with van der Waals surface area (Å²) >= 11 is 0. The number of guanidine groups is 1. The second kappa shape index (κ2) is 11.6. The fraction of sp³-hybridized carbons (Fsp3) is 0.524. The first-order chi connectivity index (χ1) is 14.3. The summed E-state index contributed by atoms with van der Waals surface area (Å²) in [5.74, 6) is 0.699. The summed E-state index contributed by atoms with van der Waals surface area (Å²) in [7, 11) is 0. The minimum atomic E-state index is -4.32. The molecule has 0 aliphatic rings. The van der Waals surface area contributed by atoms with E-state index >= 15 is 0 Å². The van der Waals surface area contributed by atoms with Gasteiger partial charge in [0, 0.05) is 25.3 Å². The predicted octanol–water partition coefficient (Wildman–Crippen LogP) is 3.72. The van der Waals surface area contributed by atoms with E-state index in [0.717, 1.165) is 43.0 Å². The van der Waals surface area contributed by atoms with Crippen LogP contribution in [0.2, 0.25) is 0 Å². The summed E-state index contributed by atoms with van der Waals surface area (Å²) in [4.78, 5) is 4.56. The third-order valence-corrected chi connectivity index (χ3v) is 4.23. The number of hydrogen-bond acceptors (Lipinski definition) is 3. The first kappa shape index (κ1) is 23.7. The van der Waals surface area contributed by atoms with Gasteiger partial charge in [-0.25, -0.2) is 4.99 Å². The normalized spacial score (nSPS) is 12.3. The fourth-order valence-electron chi connectivity index (χ4n) is 2.95. The van der Waals surface area contributed by atoms with Gasteiger partial charge in [0.1, 0.15) is 6.61 Å². The van der Waals surface area contributed by atoms with Gasteiger partial charge in [0.2, 0.25) is 0 Å². The maximum absolute atomic E-state index is 12.2. The van der Waals surface area contributed by atoms with Crippen LogP contribution in [-0.2, 0) is 24.4 Å². The van der Waals surface area contributed by atoms with Crippen LogP contribution in [0.5, 0.6) is 0 Å². The molecule has 2 aromatic rings. The average molecular weight is 425 g/mol. The SMILES string of the molecule is CCNC(=NCc1cccc(COCC(F)(F)F)c1)NCCCn1nc(C)cc1C. The molecule has 0 atom stereocenters. The third-order valence-electron chi connectivity index (χ3n) is 4.23. The van der Waals surface area contributed by atoms with E-state index in [1.807, 2.05) is 37.6 Å². The van der Waals surface area contributed by atoms with Crippen molar-refractivity contribution in [1.82, 2.24) is 20.4 Å². The van der Waals surface area contributed by atoms with Gasteiger partial charge in [0.05, 0.1) is 18.8 Å². The number of ether oxygens (including phenoxy) is 1. The quantitative estimate of drug-likeness (QED) is 0.346. The molecule has 0 saturated carbocycles. The van der Waals surface area contributed by atoms with Gasteiger partial charge in [-0.15, -0.1) is 0 Å². The second-order valence-electron chi connectivity index (χ2n) is 7.05. The van der Waals surface area contributed by atoms with Crippen molar-refractivity contribution in [2.45, 2.75) is 53.1 Å². The monoisotopic (exact) mass is 425 g/mol. The van der Waals surface area contributed by atoms with E-state index in [1.165, 1.54) is 0 Å². The van der Waals surface area contributed by atoms with Crippen LogP contribution in [0, 0.1) is 13.8 Å². The molecule has 0 fully saturated rings. The van der Waals surface area contributed by atoms with Crippen LogP contribution in [0.15, 0.2) is 35.3 Å². The number of nitrogens with one attached hydrogen (secondary N) is 2. The number of rotatable bonds is 10. The van der Waals surface area contributed by atoms with Gasteiger partial charge in [-0.05, 0) is 44.4 Å². The standard InChI is InChI=1S/C21H30F3N5O/c1-4-25-20(26-9-6-10-29-17(3)11-16(2)28-29)27-13-18-7-5-8-19(12-18)14-30-15-21(22,23)24/h5,7-8,11-12H,4,6,9-10,13-15H2,1-3H3,(H2,25,26,27). The van der Waals surface area contributed by atoms with Crippen molar-refractivity contribution >= 4 is 5.96 Å². The van der Waals surface area contributed by atoms with Crippen molar-refractivity contribution in [3.05, 3.63) is 52.8 Å². The lowest BCUT2D eigenvalue weighted by atomic mass is 10.1. The molecular formula is C21H30F3N5O. The number of hydrogen-bond donors (Lipinski definition) is 2. The lowest BCUT2D eigenvalue weighted by Crippen LogP contribution is -2.38. The van der Waals surface area contributed by atoms with Gasteiger partial charge >= 0.3 is 6.18 Å². The zero-order valence-electron chi connectivity index (χ0n) is 17.7. The van der Waals surface area contributed by atoms with Crippen molar-refractivity contribution in [1.29, 1.82) is 0 Å². The van der Waals surface area contributed by atoms with Crippen molar-refractivity contribution in [3.63, 3.8) is 0 Å². The molecule has 9 heteroatoms. The van der Waals surface area contributed by atoms with E-state index in [-0.39, 0.29) is 6.61 Å². The van der Waals surface area contributed by atoms with Gasteiger partial charge in [-0.3, -0.25) is 4.68 Å². The summed E-state index contributed by atoms with van der Waals surface area (Å²) in [6, 6.07) is 9.30. The summed E-state index contributed by atoms with van der Waals surface area (Å²) in [5, 5.41) is 11.0. The Morgan fingerprint density at radius 3 is 2.60 bits per heavy atom. The molecule has 2 N–H and O–H groups in total. The number of halogens is 3. The second-order valence-corrected chi connectivity index (χ2v) is 7.05. The van der Waals surface area contributed by atoms with E-state index < -0.39 is 12.8 Å². The molecule has 0 aliphatic heterocycles. The van der Waals surface area contributed by atoms with Crippen molar-refractivity contribution in [3.8, 4) is 0 Å². The van der Waals surface area contributed by atoms with Crippen LogP contribution >= 0.6 is 0 Å². The average Bonchev–Trinajstić information content (AvgIpc) is 2.99. The molecule has 0 unspecified atom stereocenters. The van der Waals surface area contributed by atoms with Crippen LogP contribution in [-0.4, -0.2) is 41.6 Å². The molecule has 0 aliphatic carbocycles. The first-order valence-electron chi connectivity index (χ1n) is 10.0. The smallest absolute Gasteiger partial charge is 0.367 e. The minimum Gasteiger partial charge on any atom is -0.367 e. The highest BCUT2D eigenvalue weighted by Gasteiger charge is 2.27. The van der Waals surface area contributed by atoms with E-state index in [1.54, 1.807) is 12.1 Å². The van der Waals surface area contributed by atoms with Crippen LogP contribution in [0.4, 0.5) is 13.2 Å². The van der Waals surface area contributed by atoms with Crippen molar-refractivity contribution < 1.29 is 17.9 Å². The number of aryl methyl sites for hydroxylation is 3. The first-order valence-corrected chi connectivity index (χ1v) is 10.0. The fourth-order valence-corrected chi connectivity index (χ4v) is 2.95. The molecule has 1 aromatic heterocycles. The number of nitrogens with zero attached hydrogens (tertiary/aromatic N) is 3. The van der Waals surface area contributed by atoms with Crippen LogP contribution in [0.1, 0.15) is 35.9 Å². The Morgan fingerprint density at radius 1 is 1.17 bits per heavy atom. The Labute approximate surface area is 175 Å². The Morgan fingerprint density at radius 2 is 1.93 bits per heavy atom. The van der Waals surface area contributed by atoms with Gasteiger partial charge in [0.15, 0.2) is 5.96 Å². The molecule has 6 nitrogen and oxygen atoms in total. The van der Waals surface area contributed by atoms with Crippen LogP contribution < -0.4 is 10.6 Å². The Kier molecular flexibility index (Phi) is 9.16. The number of aromatic nitrogens is 2. The highest BCUT2D eigenvalue weighted by Crippen LogP contribution is 2.16. The number of benzene rings is 1. The highest BCUT2D eigenvalue weighted by atomic mass is 19.4. The Balaban J connectivity index is 1.83. The minimum absolute atomic E-state index is 0.0816. The Hall–Kier alpha value is -2.55. The number of alkyl halides is 3. The van der Waals surface area contributed by atoms with Crippen LogP contribution in [0.25, 0.3) is 0 Å². The molecule has 0 radical (unpaired) electrons. The molecule has 30 heavy (non-hydrogen) atoms. The molecule has 0 amide bonds. The molecule has 0 bridgehead atoms. The molecule has 0 spiro atoms. The summed E-state index contributed by atoms with van der Waals surface area (Å²) in [5.41, 5.74) is 3.76. The Bertz CT molecular complexity index is 817. The molecule has 1 heterocycles. The summed E-state index contributed by atoms with van der Waals surface area (Å²) in [6.45, 7) is 7.40. The summed E-state index contributed by atoms with van der Waals surface area (Å²) < 4.78 is 43.3. The third kappa shape index (κ3) is 8.86. The van der Waals surface area contributed by atoms with Crippen LogP contribution in [0.3, 0.4) is 0 Å². The van der Waals surface area contributed by atoms with E-state index in [2.05, 4.69) is 26.8 Å². The van der Waals surface area contributed by atoms with Gasteiger partial charge in [-0.1, -0.05) is 24.3 Å². The lowest BCUT2D eigenvalue weighted by molar-refractivity contribution is -0.176. The van der Waals surface area contributed by atoms with E-state index in [9.17, 15) is 13.2 Å². The zero-order valence-corrected chi connectivity index (χ0v) is 17.7. The largest absolute Gasteiger partial charge is 0.411 e. The van der Waals surface area contributed by atoms with Gasteiger partial charge in [0.25, 0.3) is 0 Å². The molecule has 0 saturated heterocycles. The zero-order chi connectivity index (χ0) is 22.0. The molecule has 1 aromatic carbocycles. The van der Waals surface area contributed by atoms with Gasteiger partial charge < -0.3 is 15.4 Å². The van der Waals surface area contributed by atoms with Crippen molar-refractivity contribution in [2.75, 3.05) is 19.7 Å². The topological polar surface area (TPSA) is 63.5 Å². The lowest BCUT2D eigenvalue weighted by Gasteiger charge is -2.12.